The molecule has 0 saturated heterocycles. The minimum Gasteiger partial charge on any atom is -0.397 e. The predicted octanol–water partition coefficient (Wildman–Crippen LogP) is 3.06. The largest absolute Gasteiger partial charge is 0.397 e. The lowest BCUT2D eigenvalue weighted by atomic mass is 10.1. The van der Waals surface area contributed by atoms with Crippen LogP contribution in [-0.4, -0.2) is 16.9 Å². The second-order valence-electron chi connectivity index (χ2n) is 5.54. The normalized spacial score (nSPS) is 14.9. The van der Waals surface area contributed by atoms with E-state index in [1.807, 2.05) is 6.92 Å². The molecule has 5 heteroatoms. The van der Waals surface area contributed by atoms with Crippen LogP contribution >= 0.6 is 11.3 Å². The number of thiophene rings is 1. The lowest BCUT2D eigenvalue weighted by Crippen LogP contribution is -2.31. The van der Waals surface area contributed by atoms with Crippen molar-refractivity contribution < 1.29 is 4.79 Å². The van der Waals surface area contributed by atoms with Gasteiger partial charge < -0.3 is 11.1 Å². The Kier molecular flexibility index (Phi) is 3.68. The fourth-order valence-corrected chi connectivity index (χ4v) is 3.76. The second-order valence-corrected chi connectivity index (χ2v) is 6.54. The molecule has 21 heavy (non-hydrogen) atoms. The Morgan fingerprint density at radius 2 is 2.43 bits per heavy atom. The van der Waals surface area contributed by atoms with Crippen LogP contribution in [0.2, 0.25) is 0 Å². The minimum absolute atomic E-state index is 0.0533. The summed E-state index contributed by atoms with van der Waals surface area (Å²) in [5, 5.41) is 3.87. The number of rotatable bonds is 4. The van der Waals surface area contributed by atoms with Gasteiger partial charge in [0.15, 0.2) is 0 Å². The van der Waals surface area contributed by atoms with Crippen molar-refractivity contribution in [3.63, 3.8) is 0 Å². The van der Waals surface area contributed by atoms with Gasteiger partial charge in [0.05, 0.1) is 5.69 Å². The van der Waals surface area contributed by atoms with E-state index in [0.717, 1.165) is 41.6 Å². The third-order valence-electron chi connectivity index (χ3n) is 3.85. The summed E-state index contributed by atoms with van der Waals surface area (Å²) in [7, 11) is 0. The SMILES string of the molecule is C=CCC(C)NC(=O)c1sc2nc3c(cc2c1N)CCC3. The van der Waals surface area contributed by atoms with Gasteiger partial charge in [-0.2, -0.15) is 0 Å². The molecular formula is C16H19N3OS. The van der Waals surface area contributed by atoms with Crippen LogP contribution in [0.25, 0.3) is 10.2 Å². The molecule has 0 aliphatic heterocycles. The Labute approximate surface area is 128 Å². The number of hydrogen-bond donors (Lipinski definition) is 2. The van der Waals surface area contributed by atoms with Gasteiger partial charge in [-0.3, -0.25) is 4.79 Å². The topological polar surface area (TPSA) is 68.0 Å². The molecular weight excluding hydrogens is 282 g/mol. The number of fused-ring (bicyclic) bond motifs is 2. The Balaban J connectivity index is 1.94. The number of aryl methyl sites for hydroxylation is 2. The molecule has 2 aromatic rings. The summed E-state index contributed by atoms with van der Waals surface area (Å²) < 4.78 is 0. The Bertz CT molecular complexity index is 720. The monoisotopic (exact) mass is 301 g/mol. The van der Waals surface area contributed by atoms with Crippen molar-refractivity contribution in [1.82, 2.24) is 10.3 Å². The molecule has 1 aliphatic carbocycles. The number of pyridine rings is 1. The lowest BCUT2D eigenvalue weighted by molar-refractivity contribution is 0.0945. The summed E-state index contributed by atoms with van der Waals surface area (Å²) in [4.78, 5) is 18.4. The molecule has 4 nitrogen and oxygen atoms in total. The van der Waals surface area contributed by atoms with E-state index < -0.39 is 0 Å². The first-order valence-electron chi connectivity index (χ1n) is 7.22. The highest BCUT2D eigenvalue weighted by Crippen LogP contribution is 2.35. The predicted molar refractivity (Wildman–Crippen MR) is 87.8 cm³/mol. The quantitative estimate of drug-likeness (QED) is 0.853. The highest BCUT2D eigenvalue weighted by Gasteiger charge is 2.21. The Morgan fingerprint density at radius 1 is 1.62 bits per heavy atom. The van der Waals surface area contributed by atoms with Crippen molar-refractivity contribution in [3.05, 3.63) is 34.9 Å². The average molecular weight is 301 g/mol. The van der Waals surface area contributed by atoms with Gasteiger partial charge in [-0.05, 0) is 44.2 Å². The number of amides is 1. The van der Waals surface area contributed by atoms with Crippen LogP contribution in [0.1, 0.15) is 40.7 Å². The van der Waals surface area contributed by atoms with Crippen LogP contribution in [0.3, 0.4) is 0 Å². The number of nitrogens with one attached hydrogen (secondary N) is 1. The van der Waals surface area contributed by atoms with Gasteiger partial charge in [-0.1, -0.05) is 6.08 Å². The van der Waals surface area contributed by atoms with Crippen LogP contribution < -0.4 is 11.1 Å². The van der Waals surface area contributed by atoms with Crippen LogP contribution in [0.4, 0.5) is 5.69 Å². The molecule has 0 bridgehead atoms. The van der Waals surface area contributed by atoms with Crippen molar-refractivity contribution in [3.8, 4) is 0 Å². The summed E-state index contributed by atoms with van der Waals surface area (Å²) in [6.07, 6.45) is 5.78. The molecule has 2 heterocycles. The van der Waals surface area contributed by atoms with Crippen LogP contribution in [0.5, 0.6) is 0 Å². The Hall–Kier alpha value is -1.88. The van der Waals surface area contributed by atoms with Gasteiger partial charge in [-0.25, -0.2) is 4.98 Å². The summed E-state index contributed by atoms with van der Waals surface area (Å²) in [6.45, 7) is 5.64. The number of nitrogens with zero attached hydrogens (tertiary/aromatic N) is 1. The molecule has 3 rings (SSSR count). The Morgan fingerprint density at radius 3 is 3.19 bits per heavy atom. The van der Waals surface area contributed by atoms with E-state index in [0.29, 0.717) is 10.6 Å². The number of nitrogens with two attached hydrogens (primary N) is 1. The van der Waals surface area contributed by atoms with Gasteiger partial charge >= 0.3 is 0 Å². The van der Waals surface area contributed by atoms with Crippen molar-refractivity contribution >= 4 is 33.1 Å². The number of nitrogen functional groups attached to an aromatic ring is 1. The van der Waals surface area contributed by atoms with E-state index in [4.69, 9.17) is 5.73 Å². The molecule has 2 aromatic heterocycles. The molecule has 0 aromatic carbocycles. The van der Waals surface area contributed by atoms with E-state index in [1.54, 1.807) is 6.08 Å². The minimum atomic E-state index is -0.120. The molecule has 1 amide bonds. The maximum Gasteiger partial charge on any atom is 0.263 e. The zero-order valence-electron chi connectivity index (χ0n) is 12.1. The summed E-state index contributed by atoms with van der Waals surface area (Å²) in [5.74, 6) is -0.120. The summed E-state index contributed by atoms with van der Waals surface area (Å²) in [5.41, 5.74) is 9.17. The maximum atomic E-state index is 12.3. The zero-order valence-corrected chi connectivity index (χ0v) is 12.9. The van der Waals surface area contributed by atoms with Gasteiger partial charge in [-0.15, -0.1) is 17.9 Å². The second kappa shape index (κ2) is 5.48. The number of carbonyl (C=O) groups is 1. The third-order valence-corrected chi connectivity index (χ3v) is 4.97. The number of anilines is 1. The highest BCUT2D eigenvalue weighted by atomic mass is 32.1. The smallest absolute Gasteiger partial charge is 0.263 e. The molecule has 0 spiro atoms. The van der Waals surface area contributed by atoms with Crippen LogP contribution in [0, 0.1) is 0 Å². The first kappa shape index (κ1) is 14.1. The standard InChI is InChI=1S/C16H19N3OS/c1-3-5-9(2)18-15(20)14-13(17)11-8-10-6-4-7-12(10)19-16(11)21-14/h3,8-9H,1,4-7,17H2,2H3,(H,18,20). The zero-order chi connectivity index (χ0) is 15.0. The van der Waals surface area contributed by atoms with Gasteiger partial charge in [0.25, 0.3) is 5.91 Å². The molecule has 0 fully saturated rings. The average Bonchev–Trinajstić information content (AvgIpc) is 3.01. The van der Waals surface area contributed by atoms with E-state index in [2.05, 4.69) is 22.9 Å². The molecule has 1 aliphatic rings. The number of aromatic nitrogens is 1. The first-order valence-corrected chi connectivity index (χ1v) is 8.04. The molecule has 0 radical (unpaired) electrons. The van der Waals surface area contributed by atoms with Crippen molar-refractivity contribution in [2.75, 3.05) is 5.73 Å². The van der Waals surface area contributed by atoms with Crippen LogP contribution in [-0.2, 0) is 12.8 Å². The molecule has 1 unspecified atom stereocenters. The fourth-order valence-electron chi connectivity index (χ4n) is 2.76. The molecule has 1 atom stereocenters. The summed E-state index contributed by atoms with van der Waals surface area (Å²) in [6, 6.07) is 2.16. The van der Waals surface area contributed by atoms with Gasteiger partial charge in [0.1, 0.15) is 9.71 Å². The van der Waals surface area contributed by atoms with Gasteiger partial charge in [0.2, 0.25) is 0 Å². The van der Waals surface area contributed by atoms with Crippen molar-refractivity contribution in [2.24, 2.45) is 0 Å². The van der Waals surface area contributed by atoms with Crippen molar-refractivity contribution in [2.45, 2.75) is 38.6 Å². The lowest BCUT2D eigenvalue weighted by Gasteiger charge is -2.10. The first-order chi connectivity index (χ1) is 10.1. The highest BCUT2D eigenvalue weighted by molar-refractivity contribution is 7.21. The summed E-state index contributed by atoms with van der Waals surface area (Å²) >= 11 is 1.38. The maximum absolute atomic E-state index is 12.3. The molecule has 110 valence electrons. The van der Waals surface area contributed by atoms with E-state index in [9.17, 15) is 4.79 Å². The van der Waals surface area contributed by atoms with Crippen molar-refractivity contribution in [1.29, 1.82) is 0 Å². The van der Waals surface area contributed by atoms with E-state index >= 15 is 0 Å². The van der Waals surface area contributed by atoms with E-state index in [-0.39, 0.29) is 11.9 Å². The molecule has 0 saturated carbocycles. The van der Waals surface area contributed by atoms with Gasteiger partial charge in [0, 0.05) is 17.1 Å². The number of carbonyl (C=O) groups excluding carboxylic acids is 1. The fraction of sp³-hybridized carbons (Fsp3) is 0.375. The van der Waals surface area contributed by atoms with E-state index in [1.165, 1.54) is 16.9 Å². The third kappa shape index (κ3) is 2.53. The molecule has 3 N–H and O–H groups in total. The number of hydrogen-bond acceptors (Lipinski definition) is 4. The van der Waals surface area contributed by atoms with Crippen LogP contribution in [0.15, 0.2) is 18.7 Å².